The highest BCUT2D eigenvalue weighted by molar-refractivity contribution is 5.85. The maximum Gasteiger partial charge on any atom is 0.407 e. The zero-order valence-corrected chi connectivity index (χ0v) is 14.6. The molecule has 0 heterocycles. The Morgan fingerprint density at radius 1 is 1.20 bits per heavy atom. The lowest BCUT2D eigenvalue weighted by atomic mass is 10.0. The van der Waals surface area contributed by atoms with Crippen LogP contribution >= 0.6 is 0 Å². The Hall–Kier alpha value is -2.38. The van der Waals surface area contributed by atoms with Gasteiger partial charge in [0.15, 0.2) is 0 Å². The summed E-state index contributed by atoms with van der Waals surface area (Å²) in [6.45, 7) is 5.41. The summed E-state index contributed by atoms with van der Waals surface area (Å²) in [6, 6.07) is 6.50. The smallest absolute Gasteiger partial charge is 0.407 e. The molecule has 25 heavy (non-hydrogen) atoms. The van der Waals surface area contributed by atoms with Crippen LogP contribution < -0.4 is 5.32 Å². The minimum absolute atomic E-state index is 0.154. The lowest BCUT2D eigenvalue weighted by Crippen LogP contribution is -2.34. The number of carboxylic acids is 1. The molecule has 0 radical (unpaired) electrons. The van der Waals surface area contributed by atoms with Crippen LogP contribution in [-0.4, -0.2) is 45.6 Å². The van der Waals surface area contributed by atoms with Crippen LogP contribution in [0.25, 0.3) is 6.08 Å². The van der Waals surface area contributed by atoms with Crippen molar-refractivity contribution in [1.29, 1.82) is 0 Å². The van der Waals surface area contributed by atoms with Gasteiger partial charge in [-0.05, 0) is 44.4 Å². The van der Waals surface area contributed by atoms with Gasteiger partial charge in [-0.25, -0.2) is 9.59 Å². The van der Waals surface area contributed by atoms with E-state index in [2.05, 4.69) is 5.32 Å². The number of aliphatic hydroxyl groups is 2. The molecule has 7 nitrogen and oxygen atoms in total. The van der Waals surface area contributed by atoms with Gasteiger partial charge >= 0.3 is 12.1 Å². The highest BCUT2D eigenvalue weighted by atomic mass is 16.6. The normalized spacial score (nSPS) is 14.1. The Balaban J connectivity index is 2.49. The molecule has 138 valence electrons. The summed E-state index contributed by atoms with van der Waals surface area (Å²) in [7, 11) is 0. The molecule has 0 saturated heterocycles. The van der Waals surface area contributed by atoms with Crippen LogP contribution in [0.15, 0.2) is 30.3 Å². The highest BCUT2D eigenvalue weighted by Crippen LogP contribution is 2.19. The van der Waals surface area contributed by atoms with E-state index in [1.165, 1.54) is 6.08 Å². The van der Waals surface area contributed by atoms with Crippen LogP contribution in [0.5, 0.6) is 0 Å². The first-order valence-corrected chi connectivity index (χ1v) is 7.92. The molecule has 1 aromatic carbocycles. The van der Waals surface area contributed by atoms with Gasteiger partial charge in [-0.1, -0.05) is 24.3 Å². The molecule has 2 atom stereocenters. The third kappa shape index (κ3) is 8.32. The molecule has 2 unspecified atom stereocenters. The molecule has 0 bridgehead atoms. The van der Waals surface area contributed by atoms with E-state index in [9.17, 15) is 19.8 Å². The maximum absolute atomic E-state index is 11.5. The first-order chi connectivity index (χ1) is 11.6. The van der Waals surface area contributed by atoms with E-state index in [-0.39, 0.29) is 13.0 Å². The molecule has 0 spiro atoms. The van der Waals surface area contributed by atoms with Gasteiger partial charge in [0.1, 0.15) is 11.7 Å². The second-order valence-corrected chi connectivity index (χ2v) is 6.57. The van der Waals surface area contributed by atoms with Crippen molar-refractivity contribution >= 4 is 18.1 Å². The van der Waals surface area contributed by atoms with Gasteiger partial charge in [0.05, 0.1) is 6.10 Å². The molecule has 7 heteroatoms. The highest BCUT2D eigenvalue weighted by Gasteiger charge is 2.19. The summed E-state index contributed by atoms with van der Waals surface area (Å²) in [5.74, 6) is -1.04. The van der Waals surface area contributed by atoms with E-state index < -0.39 is 29.9 Å². The van der Waals surface area contributed by atoms with Crippen molar-refractivity contribution in [2.45, 2.75) is 45.0 Å². The van der Waals surface area contributed by atoms with E-state index in [4.69, 9.17) is 9.84 Å². The number of aliphatic carboxylic acids is 1. The average Bonchev–Trinajstić information content (AvgIpc) is 2.50. The van der Waals surface area contributed by atoms with Gasteiger partial charge in [-0.15, -0.1) is 0 Å². The second kappa shape index (κ2) is 9.19. The minimum atomic E-state index is -1.11. The van der Waals surface area contributed by atoms with E-state index in [0.29, 0.717) is 11.1 Å². The number of carboxylic acid groups (broad SMARTS) is 1. The molecule has 1 aromatic rings. The lowest BCUT2D eigenvalue weighted by molar-refractivity contribution is -0.131. The molecule has 1 rings (SSSR count). The maximum atomic E-state index is 11.5. The Bertz CT molecular complexity index is 603. The number of ether oxygens (including phenoxy) is 1. The Morgan fingerprint density at radius 3 is 2.32 bits per heavy atom. The first kappa shape index (κ1) is 20.7. The van der Waals surface area contributed by atoms with Gasteiger partial charge in [0.25, 0.3) is 0 Å². The van der Waals surface area contributed by atoms with Gasteiger partial charge in [0.2, 0.25) is 0 Å². The number of carbonyl (C=O) groups is 2. The van der Waals surface area contributed by atoms with E-state index >= 15 is 0 Å². The number of hydrogen-bond acceptors (Lipinski definition) is 5. The Kier molecular flexibility index (Phi) is 7.60. The number of alkyl carbamates (subject to hydrolysis) is 1. The first-order valence-electron chi connectivity index (χ1n) is 7.92. The second-order valence-electron chi connectivity index (χ2n) is 6.57. The Morgan fingerprint density at radius 2 is 1.80 bits per heavy atom. The summed E-state index contributed by atoms with van der Waals surface area (Å²) in [5.41, 5.74) is 0.565. The predicted molar refractivity (Wildman–Crippen MR) is 92.9 cm³/mol. The van der Waals surface area contributed by atoms with Crippen molar-refractivity contribution in [2.24, 2.45) is 0 Å². The Labute approximate surface area is 146 Å². The molecule has 0 aliphatic rings. The summed E-state index contributed by atoms with van der Waals surface area (Å²) < 4.78 is 5.08. The number of hydrogen-bond donors (Lipinski definition) is 4. The summed E-state index contributed by atoms with van der Waals surface area (Å²) in [6.07, 6.45) is -0.152. The SMILES string of the molecule is CC(C)(C)OC(=O)NCCC(O)C(O)c1ccc(/C=C/C(=O)O)cc1. The largest absolute Gasteiger partial charge is 0.478 e. The van der Waals surface area contributed by atoms with Crippen molar-refractivity contribution in [2.75, 3.05) is 6.54 Å². The topological polar surface area (TPSA) is 116 Å². The quantitative estimate of drug-likeness (QED) is 0.559. The number of amides is 1. The van der Waals surface area contributed by atoms with Crippen molar-refractivity contribution in [3.8, 4) is 0 Å². The molecular formula is C18H25NO6. The molecule has 0 aliphatic carbocycles. The van der Waals surface area contributed by atoms with Crippen molar-refractivity contribution in [1.82, 2.24) is 5.32 Å². The zero-order valence-electron chi connectivity index (χ0n) is 14.6. The minimum Gasteiger partial charge on any atom is -0.478 e. The van der Waals surface area contributed by atoms with Crippen LogP contribution in [0.2, 0.25) is 0 Å². The number of benzene rings is 1. The van der Waals surface area contributed by atoms with Gasteiger partial charge in [0, 0.05) is 12.6 Å². The zero-order chi connectivity index (χ0) is 19.0. The van der Waals surface area contributed by atoms with Crippen LogP contribution in [0.4, 0.5) is 4.79 Å². The van der Waals surface area contributed by atoms with Gasteiger partial charge in [-0.2, -0.15) is 0 Å². The molecule has 0 fully saturated rings. The number of rotatable bonds is 7. The predicted octanol–water partition coefficient (Wildman–Crippen LogP) is 2.09. The fraction of sp³-hybridized carbons (Fsp3) is 0.444. The molecule has 0 saturated carbocycles. The molecule has 0 aliphatic heterocycles. The summed E-state index contributed by atoms with van der Waals surface area (Å²) in [5, 5.41) is 31.3. The third-order valence-corrected chi connectivity index (χ3v) is 3.17. The van der Waals surface area contributed by atoms with Crippen LogP contribution in [-0.2, 0) is 9.53 Å². The molecule has 1 amide bonds. The third-order valence-electron chi connectivity index (χ3n) is 3.17. The lowest BCUT2D eigenvalue weighted by Gasteiger charge is -2.21. The molecule has 0 aromatic heterocycles. The van der Waals surface area contributed by atoms with Crippen LogP contribution in [0.1, 0.15) is 44.4 Å². The average molecular weight is 351 g/mol. The number of nitrogens with one attached hydrogen (secondary N) is 1. The van der Waals surface area contributed by atoms with Gasteiger partial charge in [-0.3, -0.25) is 0 Å². The van der Waals surface area contributed by atoms with Crippen molar-refractivity contribution in [3.05, 3.63) is 41.5 Å². The van der Waals surface area contributed by atoms with Crippen LogP contribution in [0.3, 0.4) is 0 Å². The monoisotopic (exact) mass is 351 g/mol. The molecule has 4 N–H and O–H groups in total. The molecular weight excluding hydrogens is 326 g/mol. The summed E-state index contributed by atoms with van der Waals surface area (Å²) >= 11 is 0. The van der Waals surface area contributed by atoms with Gasteiger partial charge < -0.3 is 25.4 Å². The summed E-state index contributed by atoms with van der Waals surface area (Å²) in [4.78, 5) is 22.0. The van der Waals surface area contributed by atoms with E-state index in [1.54, 1.807) is 45.0 Å². The number of aliphatic hydroxyl groups excluding tert-OH is 2. The van der Waals surface area contributed by atoms with E-state index in [0.717, 1.165) is 6.08 Å². The fourth-order valence-electron chi connectivity index (χ4n) is 1.99. The van der Waals surface area contributed by atoms with Crippen molar-refractivity contribution < 1.29 is 29.6 Å². The standard InChI is InChI=1S/C18H25NO6/c1-18(2,3)25-17(24)19-11-10-14(20)16(23)13-7-4-12(5-8-13)6-9-15(21)22/h4-9,14,16,20,23H,10-11H2,1-3H3,(H,19,24)(H,21,22)/b9-6+. The number of carbonyl (C=O) groups excluding carboxylic acids is 1. The van der Waals surface area contributed by atoms with Crippen LogP contribution in [0, 0.1) is 0 Å². The van der Waals surface area contributed by atoms with E-state index in [1.807, 2.05) is 0 Å². The van der Waals surface area contributed by atoms with Crippen molar-refractivity contribution in [3.63, 3.8) is 0 Å². The fourth-order valence-corrected chi connectivity index (χ4v) is 1.99.